The Kier molecular flexibility index (Phi) is 4.91. The lowest BCUT2D eigenvalue weighted by Gasteiger charge is -2.12. The van der Waals surface area contributed by atoms with Crippen LogP contribution in [-0.4, -0.2) is 24.1 Å². The normalized spacial score (nSPS) is 13.6. The van der Waals surface area contributed by atoms with Gasteiger partial charge in [-0.1, -0.05) is 115 Å². The number of thiophene rings is 1. The Labute approximate surface area is 304 Å². The van der Waals surface area contributed by atoms with Gasteiger partial charge in [0.25, 0.3) is 0 Å². The zero-order valence-electron chi connectivity index (χ0n) is 32.8. The van der Waals surface area contributed by atoms with Crippen LogP contribution in [0.2, 0.25) is 0 Å². The van der Waals surface area contributed by atoms with E-state index in [1.165, 1.54) is 12.1 Å². The SMILES string of the molecule is [2H]c1cc([2H])c2c(c1)c1c([2H])c3c4cc([2H])cc([2H])c4n(-c4nc(-c5ccccc5)nc(-c5cccc6c5sc5ccccc56)n4)c3c([2H])c1n2-c1ccccc1. The largest absolute Gasteiger partial charge is 0.309 e. The van der Waals surface area contributed by atoms with Crippen LogP contribution in [0.1, 0.15) is 8.22 Å². The van der Waals surface area contributed by atoms with Gasteiger partial charge in [-0.05, 0) is 48.4 Å². The fourth-order valence-corrected chi connectivity index (χ4v) is 8.41. The number of hydrogen-bond acceptors (Lipinski definition) is 4. The topological polar surface area (TPSA) is 48.5 Å². The summed E-state index contributed by atoms with van der Waals surface area (Å²) >= 11 is 1.66. The Morgan fingerprint density at radius 3 is 1.90 bits per heavy atom. The molecule has 0 spiro atoms. The van der Waals surface area contributed by atoms with E-state index in [1.807, 2.05) is 89.5 Å². The summed E-state index contributed by atoms with van der Waals surface area (Å²) in [4.78, 5) is 15.3. The highest BCUT2D eigenvalue weighted by Crippen LogP contribution is 2.41. The van der Waals surface area contributed by atoms with Crippen molar-refractivity contribution in [3.05, 3.63) is 164 Å². The summed E-state index contributed by atoms with van der Waals surface area (Å²) in [5.41, 5.74) is 3.74. The lowest BCUT2D eigenvalue weighted by Crippen LogP contribution is -2.06. The van der Waals surface area contributed by atoms with Crippen molar-refractivity contribution in [3.63, 3.8) is 0 Å². The molecule has 0 saturated carbocycles. The number of rotatable bonds is 4. The molecule has 4 aromatic heterocycles. The number of nitrogens with zero attached hydrogens (tertiary/aromatic N) is 5. The molecule has 11 aromatic rings. The fraction of sp³-hybridized carbons (Fsp3) is 0. The quantitative estimate of drug-likeness (QED) is 0.187. The van der Waals surface area contributed by atoms with Gasteiger partial charge >= 0.3 is 0 Å². The van der Waals surface area contributed by atoms with E-state index in [0.717, 1.165) is 31.3 Å². The minimum Gasteiger partial charge on any atom is -0.309 e. The molecule has 0 aliphatic rings. The Bertz CT molecular complexity index is 3490. The van der Waals surface area contributed by atoms with Crippen LogP contribution in [-0.2, 0) is 0 Å². The van der Waals surface area contributed by atoms with Gasteiger partial charge in [0.15, 0.2) is 11.6 Å². The monoisotopic (exact) mass is 675 g/mol. The van der Waals surface area contributed by atoms with E-state index in [-0.39, 0.29) is 47.7 Å². The third kappa shape index (κ3) is 4.24. The molecule has 0 fully saturated rings. The van der Waals surface area contributed by atoms with Gasteiger partial charge in [-0.25, -0.2) is 4.98 Å². The number of hydrogen-bond donors (Lipinski definition) is 0. The van der Waals surface area contributed by atoms with E-state index < -0.39 is 0 Å². The highest BCUT2D eigenvalue weighted by atomic mass is 32.1. The minimum absolute atomic E-state index is 0.0182. The Morgan fingerprint density at radius 2 is 1.12 bits per heavy atom. The Morgan fingerprint density at radius 1 is 0.471 bits per heavy atom. The minimum atomic E-state index is 0.0182. The third-order valence-corrected chi connectivity index (χ3v) is 10.7. The first-order valence-electron chi connectivity index (χ1n) is 19.5. The van der Waals surface area contributed by atoms with Gasteiger partial charge in [-0.3, -0.25) is 4.57 Å². The number of benzene rings is 7. The second kappa shape index (κ2) is 10.9. The molecule has 0 N–H and O–H groups in total. The molecule has 0 radical (unpaired) electrons. The molecule has 0 amide bonds. The van der Waals surface area contributed by atoms with E-state index >= 15 is 0 Å². The van der Waals surface area contributed by atoms with Crippen molar-refractivity contribution in [1.29, 1.82) is 0 Å². The van der Waals surface area contributed by atoms with E-state index in [2.05, 4.69) is 18.2 Å². The van der Waals surface area contributed by atoms with Gasteiger partial charge < -0.3 is 4.57 Å². The molecule has 5 nitrogen and oxygen atoms in total. The highest BCUT2D eigenvalue weighted by Gasteiger charge is 2.22. The van der Waals surface area contributed by atoms with Gasteiger partial charge in [0.2, 0.25) is 5.95 Å². The second-order valence-electron chi connectivity index (χ2n) is 12.4. The molecule has 4 heterocycles. The molecule has 51 heavy (non-hydrogen) atoms. The summed E-state index contributed by atoms with van der Waals surface area (Å²) < 4.78 is 61.2. The molecule has 0 aliphatic carbocycles. The summed E-state index contributed by atoms with van der Waals surface area (Å²) in [5, 5.41) is 3.93. The van der Waals surface area contributed by atoms with Crippen LogP contribution in [0, 0.1) is 0 Å². The molecule has 0 atom stereocenters. The molecule has 238 valence electrons. The first kappa shape index (κ1) is 22.9. The van der Waals surface area contributed by atoms with Crippen LogP contribution < -0.4 is 0 Å². The van der Waals surface area contributed by atoms with Gasteiger partial charge in [-0.2, -0.15) is 9.97 Å². The molecular formula is C45H27N5S. The summed E-state index contributed by atoms with van der Waals surface area (Å²) in [7, 11) is 0. The molecule has 6 heteroatoms. The van der Waals surface area contributed by atoms with Gasteiger partial charge in [-0.15, -0.1) is 11.3 Å². The lowest BCUT2D eigenvalue weighted by molar-refractivity contribution is 0.954. The maximum Gasteiger partial charge on any atom is 0.238 e. The van der Waals surface area contributed by atoms with Crippen molar-refractivity contribution in [2.45, 2.75) is 0 Å². The summed E-state index contributed by atoms with van der Waals surface area (Å²) in [6, 6.07) is 40.0. The summed E-state index contributed by atoms with van der Waals surface area (Å²) in [6.45, 7) is 0. The third-order valence-electron chi connectivity index (χ3n) is 9.46. The average Bonchev–Trinajstić information content (AvgIpc) is 3.89. The summed E-state index contributed by atoms with van der Waals surface area (Å²) in [5.74, 6) is 0.965. The van der Waals surface area contributed by atoms with Crippen LogP contribution >= 0.6 is 11.3 Å². The van der Waals surface area contributed by atoms with Crippen molar-refractivity contribution in [2.24, 2.45) is 0 Å². The zero-order valence-corrected chi connectivity index (χ0v) is 27.6. The molecule has 0 saturated heterocycles. The predicted octanol–water partition coefficient (Wildman–Crippen LogP) is 11.8. The van der Waals surface area contributed by atoms with E-state index in [1.54, 1.807) is 28.0 Å². The smallest absolute Gasteiger partial charge is 0.238 e. The van der Waals surface area contributed by atoms with Crippen LogP contribution in [0.4, 0.5) is 0 Å². The molecule has 0 aliphatic heterocycles. The van der Waals surface area contributed by atoms with Crippen molar-refractivity contribution < 1.29 is 8.22 Å². The predicted molar refractivity (Wildman–Crippen MR) is 212 cm³/mol. The second-order valence-corrected chi connectivity index (χ2v) is 13.4. The van der Waals surface area contributed by atoms with Crippen LogP contribution in [0.5, 0.6) is 0 Å². The molecule has 0 bridgehead atoms. The number of aromatic nitrogens is 5. The maximum absolute atomic E-state index is 10.1. The van der Waals surface area contributed by atoms with Crippen molar-refractivity contribution in [2.75, 3.05) is 0 Å². The maximum atomic E-state index is 10.1. The van der Waals surface area contributed by atoms with Gasteiger partial charge in [0.05, 0.1) is 30.3 Å². The molecule has 0 unspecified atom stereocenters. The van der Waals surface area contributed by atoms with Crippen molar-refractivity contribution >= 4 is 75.1 Å². The Balaban J connectivity index is 1.33. The summed E-state index contributed by atoms with van der Waals surface area (Å²) in [6.07, 6.45) is 0. The molecule has 7 aromatic carbocycles. The van der Waals surface area contributed by atoms with Crippen molar-refractivity contribution in [3.8, 4) is 34.4 Å². The van der Waals surface area contributed by atoms with Gasteiger partial charge in [0, 0.05) is 58.5 Å². The van der Waals surface area contributed by atoms with Crippen molar-refractivity contribution in [1.82, 2.24) is 24.1 Å². The van der Waals surface area contributed by atoms with Crippen LogP contribution in [0.15, 0.2) is 164 Å². The highest BCUT2D eigenvalue weighted by molar-refractivity contribution is 7.26. The van der Waals surface area contributed by atoms with E-state index in [9.17, 15) is 4.11 Å². The standard InChI is InChI=1S/C45H27N5S/c1-3-14-28(15-4-1)43-46-44(34-22-13-21-33-32-20-9-12-25-41(32)51-42(33)34)48-45(47-43)50-38-24-11-8-19-31(38)36-26-35-30-18-7-10-23-37(30)49(39(35)27-40(36)50)29-16-5-2-6-17-29/h1-27H/i7D,8D,23D,24D,26D,27D. The van der Waals surface area contributed by atoms with E-state index in [4.69, 9.17) is 19.1 Å². The van der Waals surface area contributed by atoms with Gasteiger partial charge in [0.1, 0.15) is 0 Å². The number of para-hydroxylation sites is 3. The first-order chi connectivity index (χ1) is 27.8. The first-order valence-corrected chi connectivity index (χ1v) is 17.4. The number of fused-ring (bicyclic) bond motifs is 9. The van der Waals surface area contributed by atoms with E-state index in [0.29, 0.717) is 55.4 Å². The average molecular weight is 676 g/mol. The van der Waals surface area contributed by atoms with Crippen LogP contribution in [0.3, 0.4) is 0 Å². The zero-order chi connectivity index (χ0) is 38.7. The fourth-order valence-electron chi connectivity index (χ4n) is 7.20. The molecular weight excluding hydrogens is 643 g/mol. The Hall–Kier alpha value is -6.63. The van der Waals surface area contributed by atoms with Crippen LogP contribution in [0.25, 0.3) is 98.2 Å². The lowest BCUT2D eigenvalue weighted by atomic mass is 10.1. The molecule has 11 rings (SSSR count).